The molecule has 1 aliphatic rings. The number of thioether (sulfide) groups is 2. The van der Waals surface area contributed by atoms with Gasteiger partial charge in [0, 0.05) is 28.6 Å². The first-order valence-electron chi connectivity index (χ1n) is 6.46. The molecule has 1 fully saturated rings. The van der Waals surface area contributed by atoms with Gasteiger partial charge in [-0.2, -0.15) is 28.6 Å². The van der Waals surface area contributed by atoms with Gasteiger partial charge in [-0.3, -0.25) is 16.0 Å². The Balaban J connectivity index is 2.32. The van der Waals surface area contributed by atoms with Crippen molar-refractivity contribution in [3.8, 4) is 5.75 Å². The number of nitrogens with one attached hydrogen (secondary N) is 1. The van der Waals surface area contributed by atoms with Crippen molar-refractivity contribution in [2.75, 3.05) is 24.4 Å². The summed E-state index contributed by atoms with van der Waals surface area (Å²) in [7, 11) is 1.68. The molecule has 0 bridgehead atoms. The van der Waals surface area contributed by atoms with Crippen molar-refractivity contribution < 1.29 is 4.74 Å². The van der Waals surface area contributed by atoms with Gasteiger partial charge in [0.25, 0.3) is 0 Å². The zero-order valence-electron chi connectivity index (χ0n) is 11.6. The summed E-state index contributed by atoms with van der Waals surface area (Å²) in [6.07, 6.45) is 1.78. The third-order valence-electron chi connectivity index (χ3n) is 3.20. The molecule has 0 aromatic carbocycles. The van der Waals surface area contributed by atoms with Crippen LogP contribution in [0.1, 0.15) is 31.6 Å². The molecule has 0 radical (unpaired) electrons. The Kier molecular flexibility index (Phi) is 5.44. The Bertz CT molecular complexity index is 404. The lowest BCUT2D eigenvalue weighted by Gasteiger charge is -2.30. The quantitative estimate of drug-likeness (QED) is 0.639. The minimum atomic E-state index is 0.0673. The highest BCUT2D eigenvalue weighted by Gasteiger charge is 2.31. The summed E-state index contributed by atoms with van der Waals surface area (Å²) in [6, 6.07) is 0.355. The lowest BCUT2D eigenvalue weighted by atomic mass is 10.1. The minimum Gasteiger partial charge on any atom is -0.493 e. The van der Waals surface area contributed by atoms with Gasteiger partial charge < -0.3 is 4.74 Å². The van der Waals surface area contributed by atoms with E-state index in [-0.39, 0.29) is 12.1 Å². The fourth-order valence-electron chi connectivity index (χ4n) is 2.28. The van der Waals surface area contributed by atoms with E-state index in [4.69, 9.17) is 10.6 Å². The summed E-state index contributed by atoms with van der Waals surface area (Å²) >= 11 is 3.96. The Labute approximate surface area is 123 Å². The lowest BCUT2D eigenvalue weighted by Crippen LogP contribution is -2.39. The molecule has 1 saturated heterocycles. The van der Waals surface area contributed by atoms with Gasteiger partial charge in [0.1, 0.15) is 5.69 Å². The largest absolute Gasteiger partial charge is 0.493 e. The summed E-state index contributed by atoms with van der Waals surface area (Å²) in [4.78, 5) is 0. The number of methoxy groups -OCH3 is 1. The van der Waals surface area contributed by atoms with Crippen LogP contribution in [0.2, 0.25) is 0 Å². The maximum absolute atomic E-state index is 5.82. The van der Waals surface area contributed by atoms with E-state index in [1.165, 1.54) is 11.5 Å². The fraction of sp³-hybridized carbons (Fsp3) is 0.750. The van der Waals surface area contributed by atoms with Crippen molar-refractivity contribution >= 4 is 23.5 Å². The summed E-state index contributed by atoms with van der Waals surface area (Å²) in [6.45, 7) is 4.23. The topological polar surface area (TPSA) is 65.1 Å². The van der Waals surface area contributed by atoms with E-state index in [1.54, 1.807) is 13.3 Å². The van der Waals surface area contributed by atoms with Crippen LogP contribution in [0.3, 0.4) is 0 Å². The van der Waals surface area contributed by atoms with Crippen molar-refractivity contribution in [3.05, 3.63) is 11.9 Å². The monoisotopic (exact) mass is 302 g/mol. The molecule has 1 aliphatic heterocycles. The fourth-order valence-corrected chi connectivity index (χ4v) is 5.11. The molecule has 7 heteroatoms. The first-order valence-corrected chi connectivity index (χ1v) is 8.66. The molecule has 1 aromatic heterocycles. The molecule has 2 heterocycles. The number of hydrogen-bond acceptors (Lipinski definition) is 6. The Morgan fingerprint density at radius 3 is 2.84 bits per heavy atom. The van der Waals surface area contributed by atoms with Gasteiger partial charge in [-0.15, -0.1) is 0 Å². The Hall–Kier alpha value is -0.370. The van der Waals surface area contributed by atoms with Crippen LogP contribution >= 0.6 is 23.5 Å². The molecule has 0 aliphatic carbocycles. The highest BCUT2D eigenvalue weighted by molar-refractivity contribution is 8.06. The zero-order chi connectivity index (χ0) is 13.8. The molecule has 3 N–H and O–H groups in total. The van der Waals surface area contributed by atoms with Gasteiger partial charge in [0.2, 0.25) is 0 Å². The van der Waals surface area contributed by atoms with E-state index >= 15 is 0 Å². The summed E-state index contributed by atoms with van der Waals surface area (Å²) in [5.74, 6) is 10.1. The van der Waals surface area contributed by atoms with Crippen LogP contribution in [0.4, 0.5) is 0 Å². The summed E-state index contributed by atoms with van der Waals surface area (Å²) in [5, 5.41) is 4.88. The van der Waals surface area contributed by atoms with Gasteiger partial charge in [-0.05, 0) is 13.8 Å². The van der Waals surface area contributed by atoms with E-state index in [1.807, 2.05) is 28.2 Å². The molecule has 19 heavy (non-hydrogen) atoms. The van der Waals surface area contributed by atoms with Crippen LogP contribution in [0.25, 0.3) is 0 Å². The number of hydrazine groups is 1. The highest BCUT2D eigenvalue weighted by atomic mass is 32.2. The molecule has 2 unspecified atom stereocenters. The predicted octanol–water partition coefficient (Wildman–Crippen LogP) is 1.83. The van der Waals surface area contributed by atoms with Crippen LogP contribution in [0.5, 0.6) is 5.75 Å². The molecule has 1 aromatic rings. The molecule has 0 spiro atoms. The van der Waals surface area contributed by atoms with Gasteiger partial charge in [-0.25, -0.2) is 0 Å². The van der Waals surface area contributed by atoms with E-state index in [0.717, 1.165) is 17.2 Å². The van der Waals surface area contributed by atoms with Crippen molar-refractivity contribution in [1.29, 1.82) is 0 Å². The van der Waals surface area contributed by atoms with E-state index < -0.39 is 0 Å². The molecular formula is C12H22N4OS2. The van der Waals surface area contributed by atoms with E-state index in [2.05, 4.69) is 24.4 Å². The number of nitrogens with zero attached hydrogens (tertiary/aromatic N) is 2. The standard InChI is InChI=1S/C12H22N4OS2/c1-8(2)16-12(9(17-3)6-14-16)11(15-13)10-7-18-4-5-19-10/h6,8,10-11,15H,4-5,7,13H2,1-3H3. The second kappa shape index (κ2) is 6.88. The first-order chi connectivity index (χ1) is 9.19. The minimum absolute atomic E-state index is 0.0673. The molecule has 108 valence electrons. The van der Waals surface area contributed by atoms with Crippen molar-refractivity contribution in [1.82, 2.24) is 15.2 Å². The number of nitrogens with two attached hydrogens (primary N) is 1. The van der Waals surface area contributed by atoms with Crippen LogP contribution in [-0.4, -0.2) is 39.4 Å². The number of rotatable bonds is 5. The van der Waals surface area contributed by atoms with Crippen LogP contribution in [0.15, 0.2) is 6.20 Å². The second-order valence-corrected chi connectivity index (χ2v) is 7.26. The third-order valence-corrected chi connectivity index (χ3v) is 6.06. The maximum atomic E-state index is 5.82. The van der Waals surface area contributed by atoms with Crippen molar-refractivity contribution in [2.45, 2.75) is 31.2 Å². The van der Waals surface area contributed by atoms with Crippen LogP contribution in [0, 0.1) is 0 Å². The normalized spacial score (nSPS) is 21.6. The average Bonchev–Trinajstić information content (AvgIpc) is 2.85. The molecular weight excluding hydrogens is 280 g/mol. The van der Waals surface area contributed by atoms with Crippen LogP contribution < -0.4 is 16.0 Å². The van der Waals surface area contributed by atoms with Gasteiger partial charge in [-0.1, -0.05) is 0 Å². The van der Waals surface area contributed by atoms with Gasteiger partial charge in [0.05, 0.1) is 19.3 Å². The van der Waals surface area contributed by atoms with Crippen molar-refractivity contribution in [3.63, 3.8) is 0 Å². The van der Waals surface area contributed by atoms with Crippen LogP contribution in [-0.2, 0) is 0 Å². The van der Waals surface area contributed by atoms with E-state index in [9.17, 15) is 0 Å². The predicted molar refractivity (Wildman–Crippen MR) is 82.8 cm³/mol. The Morgan fingerprint density at radius 2 is 2.32 bits per heavy atom. The molecule has 0 saturated carbocycles. The molecule has 5 nitrogen and oxygen atoms in total. The maximum Gasteiger partial charge on any atom is 0.161 e. The summed E-state index contributed by atoms with van der Waals surface area (Å²) in [5.41, 5.74) is 4.02. The zero-order valence-corrected chi connectivity index (χ0v) is 13.3. The number of aromatic nitrogens is 2. The smallest absolute Gasteiger partial charge is 0.161 e. The van der Waals surface area contributed by atoms with E-state index in [0.29, 0.717) is 5.25 Å². The third kappa shape index (κ3) is 3.21. The highest BCUT2D eigenvalue weighted by Crippen LogP contribution is 2.37. The number of hydrogen-bond donors (Lipinski definition) is 2. The lowest BCUT2D eigenvalue weighted by molar-refractivity contribution is 0.384. The molecule has 0 amide bonds. The average molecular weight is 302 g/mol. The Morgan fingerprint density at radius 1 is 1.53 bits per heavy atom. The SMILES string of the molecule is COc1cnn(C(C)C)c1C(NN)C1CSCCS1. The van der Waals surface area contributed by atoms with Crippen molar-refractivity contribution in [2.24, 2.45) is 5.84 Å². The molecule has 2 atom stereocenters. The second-order valence-electron chi connectivity index (χ2n) is 4.76. The first kappa shape index (κ1) is 15.0. The summed E-state index contributed by atoms with van der Waals surface area (Å²) < 4.78 is 7.46. The number of ether oxygens (including phenoxy) is 1. The molecule has 2 rings (SSSR count). The van der Waals surface area contributed by atoms with Gasteiger partial charge >= 0.3 is 0 Å². The van der Waals surface area contributed by atoms with Gasteiger partial charge in [0.15, 0.2) is 5.75 Å².